The highest BCUT2D eigenvalue weighted by molar-refractivity contribution is 5.79. The monoisotopic (exact) mass is 416 g/mol. The van der Waals surface area contributed by atoms with Gasteiger partial charge in [-0.1, -0.05) is 36.4 Å². The second-order valence-corrected chi connectivity index (χ2v) is 7.71. The summed E-state index contributed by atoms with van der Waals surface area (Å²) >= 11 is 0. The predicted molar refractivity (Wildman–Crippen MR) is 126 cm³/mol. The van der Waals surface area contributed by atoms with Crippen molar-refractivity contribution in [1.29, 1.82) is 0 Å². The van der Waals surface area contributed by atoms with Crippen molar-refractivity contribution < 1.29 is 4.74 Å². The number of nitrogens with zero attached hydrogens (tertiary/aromatic N) is 4. The molecule has 6 aromatic rings. The first-order valence-electron chi connectivity index (χ1n) is 10.5. The number of ether oxygens (including phenoxy) is 1. The molecule has 5 nitrogen and oxygen atoms in total. The normalized spacial score (nSPS) is 11.3. The maximum Gasteiger partial charge on any atom is 0.128 e. The highest BCUT2D eigenvalue weighted by Gasteiger charge is 2.12. The average Bonchev–Trinajstić information content (AvgIpc) is 3.41. The van der Waals surface area contributed by atoms with E-state index in [-0.39, 0.29) is 0 Å². The van der Waals surface area contributed by atoms with Crippen LogP contribution in [0, 0.1) is 6.92 Å². The van der Waals surface area contributed by atoms with Gasteiger partial charge in [-0.3, -0.25) is 0 Å². The number of aromatic nitrogens is 4. The van der Waals surface area contributed by atoms with Crippen LogP contribution < -0.4 is 4.74 Å². The lowest BCUT2D eigenvalue weighted by Gasteiger charge is -2.09. The Morgan fingerprint density at radius 2 is 1.38 bits per heavy atom. The van der Waals surface area contributed by atoms with Gasteiger partial charge in [0.1, 0.15) is 17.3 Å². The fourth-order valence-corrected chi connectivity index (χ4v) is 4.12. The fraction of sp³-hybridized carbons (Fsp3) is 0.0370. The van der Waals surface area contributed by atoms with Crippen LogP contribution in [-0.4, -0.2) is 18.8 Å². The van der Waals surface area contributed by atoms with Gasteiger partial charge in [0.05, 0.1) is 28.7 Å². The van der Waals surface area contributed by atoms with Crippen LogP contribution in [0.4, 0.5) is 0 Å². The number of imidazole rings is 2. The number of hydrogen-bond acceptors (Lipinski definition) is 3. The number of aryl methyl sites for hydroxylation is 1. The smallest absolute Gasteiger partial charge is 0.128 e. The fourth-order valence-electron chi connectivity index (χ4n) is 4.12. The van der Waals surface area contributed by atoms with E-state index < -0.39 is 0 Å². The first-order chi connectivity index (χ1) is 15.8. The third-order valence-corrected chi connectivity index (χ3v) is 5.62. The molecule has 32 heavy (non-hydrogen) atoms. The molecule has 0 bridgehead atoms. The lowest BCUT2D eigenvalue weighted by atomic mass is 10.1. The predicted octanol–water partition coefficient (Wildman–Crippen LogP) is 6.42. The van der Waals surface area contributed by atoms with Crippen LogP contribution >= 0.6 is 0 Å². The van der Waals surface area contributed by atoms with Crippen molar-refractivity contribution in [1.82, 2.24) is 18.8 Å². The Balaban J connectivity index is 1.35. The van der Waals surface area contributed by atoms with Crippen molar-refractivity contribution in [2.24, 2.45) is 0 Å². The number of benzene rings is 2. The van der Waals surface area contributed by atoms with Crippen molar-refractivity contribution >= 4 is 11.0 Å². The summed E-state index contributed by atoms with van der Waals surface area (Å²) in [7, 11) is 0. The second kappa shape index (κ2) is 7.39. The molecule has 0 saturated heterocycles. The molecule has 0 unspecified atom stereocenters. The Bertz CT molecular complexity index is 1580. The summed E-state index contributed by atoms with van der Waals surface area (Å²) in [6.45, 7) is 2.02. The minimum atomic E-state index is 0.766. The van der Waals surface area contributed by atoms with Crippen LogP contribution in [0.2, 0.25) is 0 Å². The molecule has 0 radical (unpaired) electrons. The maximum absolute atomic E-state index is 6.24. The Hall–Kier alpha value is -4.38. The third kappa shape index (κ3) is 3.11. The summed E-state index contributed by atoms with van der Waals surface area (Å²) < 4.78 is 10.4. The lowest BCUT2D eigenvalue weighted by Crippen LogP contribution is -1.87. The van der Waals surface area contributed by atoms with E-state index >= 15 is 0 Å². The van der Waals surface area contributed by atoms with Crippen LogP contribution in [0.25, 0.3) is 33.5 Å². The highest BCUT2D eigenvalue weighted by Crippen LogP contribution is 2.32. The number of hydrogen-bond donors (Lipinski definition) is 0. The van der Waals surface area contributed by atoms with Crippen molar-refractivity contribution in [2.75, 3.05) is 0 Å². The maximum atomic E-state index is 6.24. The zero-order chi connectivity index (χ0) is 21.5. The minimum absolute atomic E-state index is 0.766. The molecule has 2 aromatic carbocycles. The van der Waals surface area contributed by atoms with Gasteiger partial charge in [-0.15, -0.1) is 0 Å². The molecule has 0 saturated carbocycles. The molecule has 6 rings (SSSR count). The molecular formula is C27H20N4O. The number of pyridine rings is 2. The van der Waals surface area contributed by atoms with Crippen LogP contribution in [0.1, 0.15) is 5.82 Å². The Morgan fingerprint density at radius 1 is 0.688 bits per heavy atom. The molecule has 5 heteroatoms. The van der Waals surface area contributed by atoms with Crippen LogP contribution in [0.3, 0.4) is 0 Å². The first kappa shape index (κ1) is 18.4. The molecule has 154 valence electrons. The zero-order valence-electron chi connectivity index (χ0n) is 17.5. The summed E-state index contributed by atoms with van der Waals surface area (Å²) in [5.74, 6) is 2.49. The van der Waals surface area contributed by atoms with E-state index in [1.807, 2.05) is 90.7 Å². The first-order valence-corrected chi connectivity index (χ1v) is 10.5. The Labute approximate surface area is 185 Å². The molecular weight excluding hydrogens is 396 g/mol. The van der Waals surface area contributed by atoms with Crippen LogP contribution in [-0.2, 0) is 0 Å². The molecule has 0 amide bonds. The third-order valence-electron chi connectivity index (χ3n) is 5.62. The number of fused-ring (bicyclic) bond motifs is 2. The van der Waals surface area contributed by atoms with Crippen molar-refractivity contribution in [3.05, 3.63) is 109 Å². The van der Waals surface area contributed by atoms with Gasteiger partial charge < -0.3 is 13.5 Å². The van der Waals surface area contributed by atoms with Gasteiger partial charge in [-0.2, -0.15) is 0 Å². The van der Waals surface area contributed by atoms with Gasteiger partial charge in [0.25, 0.3) is 0 Å². The van der Waals surface area contributed by atoms with Crippen LogP contribution in [0.5, 0.6) is 11.5 Å². The van der Waals surface area contributed by atoms with Crippen molar-refractivity contribution in [3.63, 3.8) is 0 Å². The van der Waals surface area contributed by atoms with Crippen molar-refractivity contribution in [2.45, 2.75) is 6.92 Å². The quantitative estimate of drug-likeness (QED) is 0.333. The molecule has 0 atom stereocenters. The summed E-state index contributed by atoms with van der Waals surface area (Å²) in [5, 5.41) is 0. The van der Waals surface area contributed by atoms with E-state index in [0.717, 1.165) is 50.9 Å². The zero-order valence-corrected chi connectivity index (χ0v) is 17.5. The molecule has 4 aromatic heterocycles. The van der Waals surface area contributed by atoms with E-state index in [1.54, 1.807) is 0 Å². The summed E-state index contributed by atoms with van der Waals surface area (Å²) in [4.78, 5) is 9.38. The van der Waals surface area contributed by atoms with Gasteiger partial charge in [-0.25, -0.2) is 9.97 Å². The average molecular weight is 416 g/mol. The molecule has 0 aliphatic rings. The van der Waals surface area contributed by atoms with Gasteiger partial charge in [-0.05, 0) is 55.5 Å². The Kier molecular flexibility index (Phi) is 4.25. The molecule has 0 N–H and O–H groups in total. The summed E-state index contributed by atoms with van der Waals surface area (Å²) in [6, 6.07) is 28.3. The second-order valence-electron chi connectivity index (χ2n) is 7.71. The van der Waals surface area contributed by atoms with Gasteiger partial charge in [0.2, 0.25) is 0 Å². The Morgan fingerprint density at radius 3 is 2.16 bits per heavy atom. The van der Waals surface area contributed by atoms with E-state index in [2.05, 4.69) is 33.7 Å². The molecule has 0 aliphatic carbocycles. The van der Waals surface area contributed by atoms with E-state index in [0.29, 0.717) is 0 Å². The molecule has 0 fully saturated rings. The van der Waals surface area contributed by atoms with Gasteiger partial charge in [0.15, 0.2) is 0 Å². The van der Waals surface area contributed by atoms with E-state index in [9.17, 15) is 0 Å². The molecule has 0 aliphatic heterocycles. The van der Waals surface area contributed by atoms with Gasteiger partial charge in [0, 0.05) is 23.5 Å². The van der Waals surface area contributed by atoms with Crippen molar-refractivity contribution in [3.8, 4) is 34.0 Å². The summed E-state index contributed by atoms with van der Waals surface area (Å²) in [6.07, 6.45) is 5.87. The van der Waals surface area contributed by atoms with E-state index in [1.165, 1.54) is 0 Å². The van der Waals surface area contributed by atoms with E-state index in [4.69, 9.17) is 9.72 Å². The lowest BCUT2D eigenvalue weighted by molar-refractivity contribution is 0.483. The van der Waals surface area contributed by atoms with Crippen LogP contribution in [0.15, 0.2) is 104 Å². The SMILES string of the molecule is Cc1nc(-c2cccc(Oc3cccc(-c4ncn5ccccc45)c3)c2)c2ccccn12. The standard InChI is InChI=1S/C27H20N4O/c1-19-29-27(25-13-3-5-15-31(19)25)21-9-7-11-23(17-21)32-22-10-6-8-20(16-22)26-24-12-2-4-14-30(24)18-28-26/h2-18H,1H3. The topological polar surface area (TPSA) is 43.8 Å². The molecule has 0 spiro atoms. The largest absolute Gasteiger partial charge is 0.457 e. The number of rotatable bonds is 4. The van der Waals surface area contributed by atoms with Gasteiger partial charge >= 0.3 is 0 Å². The minimum Gasteiger partial charge on any atom is -0.457 e. The highest BCUT2D eigenvalue weighted by atomic mass is 16.5. The summed E-state index contributed by atoms with van der Waals surface area (Å²) in [5.41, 5.74) is 6.07. The molecule has 4 heterocycles.